The van der Waals surface area contributed by atoms with Crippen LogP contribution in [0.5, 0.6) is 0 Å². The van der Waals surface area contributed by atoms with Crippen molar-refractivity contribution in [2.24, 2.45) is 0 Å². The monoisotopic (exact) mass is 494 g/mol. The molecule has 6 rings (SSSR count). The molecule has 0 aliphatic heterocycles. The predicted octanol–water partition coefficient (Wildman–Crippen LogP) is 6.99. The lowest BCUT2D eigenvalue weighted by atomic mass is 9.93. The van der Waals surface area contributed by atoms with E-state index in [-0.39, 0.29) is 5.91 Å². The Bertz CT molecular complexity index is 1710. The molecule has 4 aromatic carbocycles. The van der Waals surface area contributed by atoms with Gasteiger partial charge in [0.25, 0.3) is 5.91 Å². The van der Waals surface area contributed by atoms with Crippen LogP contribution < -0.4 is 5.32 Å². The Morgan fingerprint density at radius 2 is 1.29 bits per heavy atom. The Labute approximate surface area is 221 Å². The lowest BCUT2D eigenvalue weighted by Gasteiger charge is -2.15. The summed E-state index contributed by atoms with van der Waals surface area (Å²) in [6.45, 7) is 2.33. The fraction of sp³-hybridized carbons (Fsp3) is 0.0606. The molecule has 0 atom stereocenters. The smallest absolute Gasteiger partial charge is 0.254 e. The average molecular weight is 495 g/mol. The number of aromatic nitrogens is 3. The average Bonchev–Trinajstić information content (AvgIpc) is 3.36. The molecule has 6 aromatic rings. The van der Waals surface area contributed by atoms with Crippen LogP contribution in [0.2, 0.25) is 0 Å². The normalized spacial score (nSPS) is 11.0. The van der Waals surface area contributed by atoms with E-state index in [1.807, 2.05) is 133 Å². The number of rotatable bonds is 6. The third-order valence-corrected chi connectivity index (χ3v) is 6.63. The van der Waals surface area contributed by atoms with Gasteiger partial charge in [0, 0.05) is 17.7 Å². The number of hydrogen-bond donors (Lipinski definition) is 1. The molecule has 0 saturated heterocycles. The quantitative estimate of drug-likeness (QED) is 0.271. The SMILES string of the molecule is Cc1nc2c(c(-c3ccccc3)nn2-c2ccccc2)c(-c2ccccc2)c1C(=O)NCc1ccccc1. The van der Waals surface area contributed by atoms with Crippen molar-refractivity contribution in [2.45, 2.75) is 13.5 Å². The number of aryl methyl sites for hydroxylation is 1. The molecule has 0 fully saturated rings. The zero-order valence-corrected chi connectivity index (χ0v) is 21.0. The van der Waals surface area contributed by atoms with Gasteiger partial charge in [-0.15, -0.1) is 0 Å². The van der Waals surface area contributed by atoms with Gasteiger partial charge in [0.05, 0.1) is 22.3 Å². The molecular formula is C33H26N4O. The van der Waals surface area contributed by atoms with Crippen LogP contribution in [0.4, 0.5) is 0 Å². The number of hydrogen-bond acceptors (Lipinski definition) is 3. The first-order valence-electron chi connectivity index (χ1n) is 12.6. The molecule has 1 amide bonds. The van der Waals surface area contributed by atoms with Gasteiger partial charge in [-0.2, -0.15) is 5.10 Å². The summed E-state index contributed by atoms with van der Waals surface area (Å²) < 4.78 is 1.88. The van der Waals surface area contributed by atoms with E-state index in [1.54, 1.807) is 0 Å². The maximum Gasteiger partial charge on any atom is 0.254 e. The number of carbonyl (C=O) groups excluding carboxylic acids is 1. The van der Waals surface area contributed by atoms with Crippen LogP contribution in [-0.2, 0) is 6.54 Å². The number of nitrogens with one attached hydrogen (secondary N) is 1. The number of amides is 1. The fourth-order valence-corrected chi connectivity index (χ4v) is 4.85. The van der Waals surface area contributed by atoms with Gasteiger partial charge in [-0.1, -0.05) is 109 Å². The first kappa shape index (κ1) is 23.4. The minimum atomic E-state index is -0.161. The van der Waals surface area contributed by atoms with E-state index < -0.39 is 0 Å². The van der Waals surface area contributed by atoms with Gasteiger partial charge in [-0.25, -0.2) is 9.67 Å². The topological polar surface area (TPSA) is 59.8 Å². The number of nitrogens with zero attached hydrogens (tertiary/aromatic N) is 3. The van der Waals surface area contributed by atoms with Gasteiger partial charge in [0.2, 0.25) is 0 Å². The summed E-state index contributed by atoms with van der Waals surface area (Å²) >= 11 is 0. The van der Waals surface area contributed by atoms with Crippen molar-refractivity contribution >= 4 is 16.9 Å². The highest BCUT2D eigenvalue weighted by atomic mass is 16.1. The van der Waals surface area contributed by atoms with Crippen LogP contribution in [0, 0.1) is 6.92 Å². The first-order valence-corrected chi connectivity index (χ1v) is 12.6. The Kier molecular flexibility index (Phi) is 6.24. The van der Waals surface area contributed by atoms with Gasteiger partial charge >= 0.3 is 0 Å². The molecule has 184 valence electrons. The van der Waals surface area contributed by atoms with E-state index in [0.29, 0.717) is 23.4 Å². The van der Waals surface area contributed by atoms with Gasteiger partial charge in [0.1, 0.15) is 5.69 Å². The molecule has 0 spiro atoms. The standard InChI is InChI=1S/C33H26N4O/c1-23-28(33(38)34-22-24-14-6-2-7-15-24)29(25-16-8-3-9-17-25)30-31(26-18-10-4-11-19-26)36-37(32(30)35-23)27-20-12-5-13-21-27/h2-21H,22H2,1H3,(H,34,38). The maximum atomic E-state index is 13.8. The Morgan fingerprint density at radius 1 is 0.737 bits per heavy atom. The molecule has 0 bridgehead atoms. The molecule has 38 heavy (non-hydrogen) atoms. The molecule has 5 nitrogen and oxygen atoms in total. The summed E-state index contributed by atoms with van der Waals surface area (Å²) in [6.07, 6.45) is 0. The van der Waals surface area contributed by atoms with Crippen molar-refractivity contribution in [3.05, 3.63) is 138 Å². The second-order valence-corrected chi connectivity index (χ2v) is 9.14. The summed E-state index contributed by atoms with van der Waals surface area (Å²) in [7, 11) is 0. The first-order chi connectivity index (χ1) is 18.7. The number of carbonyl (C=O) groups is 1. The van der Waals surface area contributed by atoms with Crippen LogP contribution in [0.3, 0.4) is 0 Å². The number of pyridine rings is 1. The van der Waals surface area contributed by atoms with Crippen LogP contribution in [0.15, 0.2) is 121 Å². The van der Waals surface area contributed by atoms with Crippen molar-refractivity contribution in [1.29, 1.82) is 0 Å². The molecule has 2 heterocycles. The third kappa shape index (κ3) is 4.35. The summed E-state index contributed by atoms with van der Waals surface area (Å²) in [5, 5.41) is 9.04. The summed E-state index contributed by atoms with van der Waals surface area (Å²) in [5.74, 6) is -0.161. The zero-order chi connectivity index (χ0) is 25.9. The Balaban J connectivity index is 1.63. The maximum absolute atomic E-state index is 13.8. The van der Waals surface area contributed by atoms with Crippen LogP contribution in [0.1, 0.15) is 21.6 Å². The molecule has 0 radical (unpaired) electrons. The van der Waals surface area contributed by atoms with Crippen LogP contribution in [-0.4, -0.2) is 20.7 Å². The van der Waals surface area contributed by atoms with E-state index in [0.717, 1.165) is 39.0 Å². The highest BCUT2D eigenvalue weighted by Crippen LogP contribution is 2.39. The van der Waals surface area contributed by atoms with Gasteiger partial charge in [-0.3, -0.25) is 4.79 Å². The third-order valence-electron chi connectivity index (χ3n) is 6.63. The largest absolute Gasteiger partial charge is 0.348 e. The van der Waals surface area contributed by atoms with E-state index >= 15 is 0 Å². The Morgan fingerprint density at radius 3 is 1.92 bits per heavy atom. The summed E-state index contributed by atoms with van der Waals surface area (Å²) in [5.41, 5.74) is 7.40. The molecule has 0 aliphatic rings. The van der Waals surface area contributed by atoms with Crippen molar-refractivity contribution in [1.82, 2.24) is 20.1 Å². The highest BCUT2D eigenvalue weighted by molar-refractivity contribution is 6.13. The van der Waals surface area contributed by atoms with Crippen molar-refractivity contribution < 1.29 is 4.79 Å². The van der Waals surface area contributed by atoms with Crippen molar-refractivity contribution in [2.75, 3.05) is 0 Å². The lowest BCUT2D eigenvalue weighted by Crippen LogP contribution is -2.25. The zero-order valence-electron chi connectivity index (χ0n) is 21.0. The molecule has 0 unspecified atom stereocenters. The second kappa shape index (κ2) is 10.1. The van der Waals surface area contributed by atoms with Crippen molar-refractivity contribution in [3.63, 3.8) is 0 Å². The van der Waals surface area contributed by atoms with Crippen LogP contribution >= 0.6 is 0 Å². The molecule has 2 aromatic heterocycles. The molecule has 0 aliphatic carbocycles. The minimum absolute atomic E-state index is 0.161. The number of fused-ring (bicyclic) bond motifs is 1. The summed E-state index contributed by atoms with van der Waals surface area (Å²) in [6, 6.07) is 40.0. The van der Waals surface area contributed by atoms with Crippen molar-refractivity contribution in [3.8, 4) is 28.1 Å². The fourth-order valence-electron chi connectivity index (χ4n) is 4.85. The van der Waals surface area contributed by atoms with E-state index in [2.05, 4.69) is 5.32 Å². The minimum Gasteiger partial charge on any atom is -0.348 e. The van der Waals surface area contributed by atoms with E-state index in [1.165, 1.54) is 0 Å². The predicted molar refractivity (Wildman–Crippen MR) is 152 cm³/mol. The van der Waals surface area contributed by atoms with Crippen LogP contribution in [0.25, 0.3) is 39.1 Å². The van der Waals surface area contributed by atoms with Gasteiger partial charge in [-0.05, 0) is 30.2 Å². The van der Waals surface area contributed by atoms with E-state index in [9.17, 15) is 4.79 Å². The number of para-hydroxylation sites is 1. The molecule has 1 N–H and O–H groups in total. The molecule has 5 heteroatoms. The second-order valence-electron chi connectivity index (χ2n) is 9.14. The van der Waals surface area contributed by atoms with Gasteiger partial charge < -0.3 is 5.32 Å². The van der Waals surface area contributed by atoms with Gasteiger partial charge in [0.15, 0.2) is 5.65 Å². The Hall–Kier alpha value is -5.03. The molecule has 0 saturated carbocycles. The van der Waals surface area contributed by atoms with E-state index in [4.69, 9.17) is 10.1 Å². The lowest BCUT2D eigenvalue weighted by molar-refractivity contribution is 0.0950. The molecular weight excluding hydrogens is 468 g/mol. The summed E-state index contributed by atoms with van der Waals surface area (Å²) in [4.78, 5) is 18.8. The highest BCUT2D eigenvalue weighted by Gasteiger charge is 2.26. The number of benzene rings is 4.